The molecular weight excluding hydrogens is 328 g/mol. The molecule has 7 nitrogen and oxygen atoms in total. The Kier molecular flexibility index (Phi) is 7.80. The van der Waals surface area contributed by atoms with Gasteiger partial charge < -0.3 is 19.0 Å². The van der Waals surface area contributed by atoms with Gasteiger partial charge in [-0.2, -0.15) is 0 Å². The standard InChI is InChI=1S/C18H26O7/c1-10-6-15(8-19)16(7-11(10)2)18(25-14(5)22)17(24-13(4)21)9-23-12(3)20/h8,15-18H,6-7,9H2,1-5H3/t15-,16+,17+,18-/m0/s1. The van der Waals surface area contributed by atoms with E-state index in [1.54, 1.807) is 0 Å². The van der Waals surface area contributed by atoms with Crippen molar-refractivity contribution in [2.75, 3.05) is 6.61 Å². The third-order valence-corrected chi connectivity index (χ3v) is 4.40. The highest BCUT2D eigenvalue weighted by molar-refractivity contribution is 5.68. The zero-order valence-electron chi connectivity index (χ0n) is 15.4. The van der Waals surface area contributed by atoms with Crippen LogP contribution < -0.4 is 0 Å². The number of hydrogen-bond acceptors (Lipinski definition) is 7. The van der Waals surface area contributed by atoms with Gasteiger partial charge in [0.15, 0.2) is 6.10 Å². The summed E-state index contributed by atoms with van der Waals surface area (Å²) in [4.78, 5) is 45.8. The van der Waals surface area contributed by atoms with Gasteiger partial charge in [0.25, 0.3) is 0 Å². The second kappa shape index (κ2) is 9.34. The Bertz CT molecular complexity index is 564. The maximum Gasteiger partial charge on any atom is 0.303 e. The predicted molar refractivity (Wildman–Crippen MR) is 88.4 cm³/mol. The molecule has 0 radical (unpaired) electrons. The van der Waals surface area contributed by atoms with E-state index >= 15 is 0 Å². The summed E-state index contributed by atoms with van der Waals surface area (Å²) in [6.45, 7) is 7.38. The smallest absolute Gasteiger partial charge is 0.303 e. The van der Waals surface area contributed by atoms with E-state index in [0.717, 1.165) is 17.4 Å². The molecule has 0 fully saturated rings. The number of ether oxygens (including phenoxy) is 3. The van der Waals surface area contributed by atoms with Crippen LogP contribution >= 0.6 is 0 Å². The minimum atomic E-state index is -0.969. The number of rotatable bonds is 7. The van der Waals surface area contributed by atoms with Crippen molar-refractivity contribution in [1.82, 2.24) is 0 Å². The van der Waals surface area contributed by atoms with Gasteiger partial charge in [0.05, 0.1) is 0 Å². The SMILES string of the molecule is CC(=O)OC[C@@H](OC(C)=O)[C@@H](OC(C)=O)[C@@H]1CC(C)=C(C)C[C@H]1C=O. The predicted octanol–water partition coefficient (Wildman–Crippen LogP) is 1.97. The second-order valence-electron chi connectivity index (χ2n) is 6.46. The molecule has 0 heterocycles. The Hall–Kier alpha value is -2.18. The monoisotopic (exact) mass is 354 g/mol. The molecule has 0 amide bonds. The number of carbonyl (C=O) groups is 4. The fourth-order valence-electron chi connectivity index (χ4n) is 3.11. The molecular formula is C18H26O7. The molecule has 0 saturated carbocycles. The number of allylic oxidation sites excluding steroid dienone is 2. The van der Waals surface area contributed by atoms with Gasteiger partial charge in [-0.15, -0.1) is 0 Å². The van der Waals surface area contributed by atoms with E-state index in [4.69, 9.17) is 14.2 Å². The molecule has 25 heavy (non-hydrogen) atoms. The first kappa shape index (κ1) is 20.9. The van der Waals surface area contributed by atoms with E-state index in [-0.39, 0.29) is 18.4 Å². The zero-order chi connectivity index (χ0) is 19.1. The fraction of sp³-hybridized carbons (Fsp3) is 0.667. The molecule has 0 spiro atoms. The molecule has 0 bridgehead atoms. The van der Waals surface area contributed by atoms with E-state index in [0.29, 0.717) is 12.8 Å². The summed E-state index contributed by atoms with van der Waals surface area (Å²) < 4.78 is 15.6. The highest BCUT2D eigenvalue weighted by atomic mass is 16.6. The average Bonchev–Trinajstić information content (AvgIpc) is 2.50. The van der Waals surface area contributed by atoms with Gasteiger partial charge in [-0.1, -0.05) is 11.1 Å². The van der Waals surface area contributed by atoms with Crippen molar-refractivity contribution < 1.29 is 33.4 Å². The van der Waals surface area contributed by atoms with Crippen LogP contribution in [-0.2, 0) is 33.4 Å². The Morgan fingerprint density at radius 1 is 1.00 bits per heavy atom. The Morgan fingerprint density at radius 3 is 2.04 bits per heavy atom. The fourth-order valence-corrected chi connectivity index (χ4v) is 3.11. The van der Waals surface area contributed by atoms with E-state index in [9.17, 15) is 19.2 Å². The normalized spacial score (nSPS) is 22.6. The molecule has 0 aromatic carbocycles. The van der Waals surface area contributed by atoms with Crippen molar-refractivity contribution in [3.8, 4) is 0 Å². The molecule has 1 rings (SSSR count). The zero-order valence-corrected chi connectivity index (χ0v) is 15.4. The summed E-state index contributed by atoms with van der Waals surface area (Å²) in [5.74, 6) is -2.41. The molecule has 1 aliphatic carbocycles. The van der Waals surface area contributed by atoms with Gasteiger partial charge in [-0.05, 0) is 26.7 Å². The van der Waals surface area contributed by atoms with Gasteiger partial charge in [-0.3, -0.25) is 14.4 Å². The first-order chi connectivity index (χ1) is 11.6. The number of aldehydes is 1. The van der Waals surface area contributed by atoms with Gasteiger partial charge in [0.2, 0.25) is 0 Å². The third kappa shape index (κ3) is 6.32. The van der Waals surface area contributed by atoms with Crippen molar-refractivity contribution in [3.63, 3.8) is 0 Å². The molecule has 0 aliphatic heterocycles. The molecule has 0 saturated heterocycles. The van der Waals surface area contributed by atoms with Crippen molar-refractivity contribution in [3.05, 3.63) is 11.1 Å². The van der Waals surface area contributed by atoms with E-state index < -0.39 is 30.1 Å². The lowest BCUT2D eigenvalue weighted by Crippen LogP contribution is -2.46. The highest BCUT2D eigenvalue weighted by Crippen LogP contribution is 2.37. The quantitative estimate of drug-likeness (QED) is 0.298. The average molecular weight is 354 g/mol. The van der Waals surface area contributed by atoms with E-state index in [2.05, 4.69) is 0 Å². The topological polar surface area (TPSA) is 96.0 Å². The first-order valence-electron chi connectivity index (χ1n) is 8.24. The van der Waals surface area contributed by atoms with Crippen molar-refractivity contribution >= 4 is 24.2 Å². The van der Waals surface area contributed by atoms with Crippen LogP contribution in [-0.4, -0.2) is 43.0 Å². The maximum absolute atomic E-state index is 11.6. The van der Waals surface area contributed by atoms with Gasteiger partial charge in [0.1, 0.15) is 19.0 Å². The van der Waals surface area contributed by atoms with Gasteiger partial charge >= 0.3 is 17.9 Å². The van der Waals surface area contributed by atoms with Crippen LogP contribution in [0.15, 0.2) is 11.1 Å². The van der Waals surface area contributed by atoms with Crippen LogP contribution in [0.4, 0.5) is 0 Å². The van der Waals surface area contributed by atoms with Crippen LogP contribution in [0.5, 0.6) is 0 Å². The second-order valence-corrected chi connectivity index (χ2v) is 6.46. The molecule has 4 atom stereocenters. The minimum absolute atomic E-state index is 0.239. The largest absolute Gasteiger partial charge is 0.462 e. The molecule has 0 N–H and O–H groups in total. The molecule has 7 heteroatoms. The summed E-state index contributed by atoms with van der Waals surface area (Å²) in [6.07, 6.45) is 0.0830. The van der Waals surface area contributed by atoms with Crippen LogP contribution in [0, 0.1) is 11.8 Å². The summed E-state index contributed by atoms with van der Waals surface area (Å²) in [7, 11) is 0. The summed E-state index contributed by atoms with van der Waals surface area (Å²) in [6, 6.07) is 0. The van der Waals surface area contributed by atoms with Crippen LogP contribution in [0.25, 0.3) is 0 Å². The third-order valence-electron chi connectivity index (χ3n) is 4.40. The molecule has 0 unspecified atom stereocenters. The lowest BCUT2D eigenvalue weighted by atomic mass is 9.73. The first-order valence-corrected chi connectivity index (χ1v) is 8.24. The summed E-state index contributed by atoms with van der Waals surface area (Å²) >= 11 is 0. The highest BCUT2D eigenvalue weighted by Gasteiger charge is 2.41. The van der Waals surface area contributed by atoms with Crippen LogP contribution in [0.2, 0.25) is 0 Å². The Labute approximate surface area is 147 Å². The Balaban J connectivity index is 3.17. The molecule has 0 aromatic heterocycles. The minimum Gasteiger partial charge on any atom is -0.462 e. The van der Waals surface area contributed by atoms with Gasteiger partial charge in [0, 0.05) is 32.6 Å². The van der Waals surface area contributed by atoms with Crippen LogP contribution in [0.3, 0.4) is 0 Å². The number of esters is 3. The molecule has 0 aromatic rings. The maximum atomic E-state index is 11.6. The van der Waals surface area contributed by atoms with Gasteiger partial charge in [-0.25, -0.2) is 0 Å². The molecule has 140 valence electrons. The van der Waals surface area contributed by atoms with Crippen molar-refractivity contribution in [2.45, 2.75) is 59.7 Å². The van der Waals surface area contributed by atoms with Crippen molar-refractivity contribution in [2.24, 2.45) is 11.8 Å². The molecule has 1 aliphatic rings. The lowest BCUT2D eigenvalue weighted by molar-refractivity contribution is -0.180. The van der Waals surface area contributed by atoms with Crippen LogP contribution in [0.1, 0.15) is 47.5 Å². The van der Waals surface area contributed by atoms with E-state index in [1.807, 2.05) is 13.8 Å². The lowest BCUT2D eigenvalue weighted by Gasteiger charge is -2.38. The Morgan fingerprint density at radius 2 is 1.56 bits per heavy atom. The van der Waals surface area contributed by atoms with E-state index in [1.165, 1.54) is 20.8 Å². The van der Waals surface area contributed by atoms with Crippen molar-refractivity contribution in [1.29, 1.82) is 0 Å². The summed E-state index contributed by atoms with van der Waals surface area (Å²) in [5, 5.41) is 0. The summed E-state index contributed by atoms with van der Waals surface area (Å²) in [5.41, 5.74) is 2.23. The number of carbonyl (C=O) groups excluding carboxylic acids is 4. The number of hydrogen-bond donors (Lipinski definition) is 0.